The molecule has 1 rings (SSSR count). The van der Waals surface area contributed by atoms with Crippen LogP contribution in [0.25, 0.3) is 0 Å². The molecule has 144 valence electrons. The first-order valence-corrected chi connectivity index (χ1v) is 6.26. The SMILES string of the molecule is Cl.Cl.NCC(=O)NCC(=O)Nc1ccc(OCC(F)(F)C(F)F)nc1. The Morgan fingerprint density at radius 1 is 1.24 bits per heavy atom. The molecule has 0 bridgehead atoms. The highest BCUT2D eigenvalue weighted by Crippen LogP contribution is 2.23. The molecule has 0 unspecified atom stereocenters. The molecule has 0 spiro atoms. The van der Waals surface area contributed by atoms with Gasteiger partial charge in [-0.25, -0.2) is 13.8 Å². The molecule has 0 fully saturated rings. The van der Waals surface area contributed by atoms with E-state index < -0.39 is 30.8 Å². The van der Waals surface area contributed by atoms with Crippen molar-refractivity contribution in [2.24, 2.45) is 5.73 Å². The Balaban J connectivity index is 0. The van der Waals surface area contributed by atoms with E-state index in [0.717, 1.165) is 12.3 Å². The zero-order chi connectivity index (χ0) is 17.5. The molecule has 25 heavy (non-hydrogen) atoms. The predicted molar refractivity (Wildman–Crippen MR) is 85.9 cm³/mol. The number of nitrogens with two attached hydrogens (primary N) is 1. The number of nitrogens with one attached hydrogen (secondary N) is 2. The molecule has 1 heterocycles. The lowest BCUT2D eigenvalue weighted by Crippen LogP contribution is -2.36. The van der Waals surface area contributed by atoms with E-state index in [1.165, 1.54) is 6.07 Å². The first-order valence-electron chi connectivity index (χ1n) is 6.26. The molecule has 0 atom stereocenters. The van der Waals surface area contributed by atoms with Gasteiger partial charge in [0, 0.05) is 6.07 Å². The number of alkyl halides is 4. The van der Waals surface area contributed by atoms with Crippen molar-refractivity contribution in [2.45, 2.75) is 12.3 Å². The van der Waals surface area contributed by atoms with Gasteiger partial charge in [-0.15, -0.1) is 24.8 Å². The van der Waals surface area contributed by atoms with Gasteiger partial charge in [-0.3, -0.25) is 9.59 Å². The molecule has 13 heteroatoms. The highest BCUT2D eigenvalue weighted by Gasteiger charge is 2.41. The second-order valence-corrected chi connectivity index (χ2v) is 4.26. The molecule has 7 nitrogen and oxygen atoms in total. The maximum atomic E-state index is 12.7. The third kappa shape index (κ3) is 9.27. The highest BCUT2D eigenvalue weighted by atomic mass is 35.5. The molecular weight excluding hydrogens is 395 g/mol. The number of anilines is 1. The summed E-state index contributed by atoms with van der Waals surface area (Å²) in [5.74, 6) is -5.66. The molecule has 0 radical (unpaired) electrons. The highest BCUT2D eigenvalue weighted by molar-refractivity contribution is 5.94. The molecule has 0 aliphatic rings. The minimum Gasteiger partial charge on any atom is -0.471 e. The van der Waals surface area contributed by atoms with E-state index in [1.54, 1.807) is 0 Å². The number of carbonyl (C=O) groups is 2. The number of amides is 2. The Labute approximate surface area is 152 Å². The van der Waals surface area contributed by atoms with E-state index in [0.29, 0.717) is 0 Å². The number of ether oxygens (including phenoxy) is 1. The molecule has 1 aromatic rings. The minimum absolute atomic E-state index is 0. The second kappa shape index (κ2) is 11.7. The average Bonchev–Trinajstić information content (AvgIpc) is 2.51. The summed E-state index contributed by atoms with van der Waals surface area (Å²) in [6.45, 7) is -2.09. The van der Waals surface area contributed by atoms with Crippen LogP contribution in [0.15, 0.2) is 18.3 Å². The molecule has 4 N–H and O–H groups in total. The average molecular weight is 411 g/mol. The van der Waals surface area contributed by atoms with Crippen molar-refractivity contribution in [1.82, 2.24) is 10.3 Å². The standard InChI is InChI=1S/C12H14F4N4O3.2ClH/c13-11(14)12(15,16)6-23-10-2-1-7(4-19-10)20-9(22)5-18-8(21)3-17;;/h1-2,4,11H,3,5-6,17H2,(H,18,21)(H,20,22);2*1H. The van der Waals surface area contributed by atoms with Crippen LogP contribution in [-0.4, -0.2) is 48.8 Å². The van der Waals surface area contributed by atoms with Crippen LogP contribution in [0, 0.1) is 0 Å². The fraction of sp³-hybridized carbons (Fsp3) is 0.417. The number of aromatic nitrogens is 1. The number of hydrogen-bond donors (Lipinski definition) is 3. The number of rotatable bonds is 8. The van der Waals surface area contributed by atoms with Gasteiger partial charge in [0.1, 0.15) is 0 Å². The smallest absolute Gasteiger partial charge is 0.340 e. The van der Waals surface area contributed by atoms with Crippen molar-refractivity contribution in [1.29, 1.82) is 0 Å². The number of halogens is 6. The number of pyridine rings is 1. The maximum Gasteiger partial charge on any atom is 0.340 e. The summed E-state index contributed by atoms with van der Waals surface area (Å²) in [5.41, 5.74) is 5.24. The van der Waals surface area contributed by atoms with Gasteiger partial charge in [0.05, 0.1) is 25.0 Å². The monoisotopic (exact) mass is 410 g/mol. The lowest BCUT2D eigenvalue weighted by Gasteiger charge is -2.15. The molecule has 0 aliphatic heterocycles. The predicted octanol–water partition coefficient (Wildman–Crippen LogP) is 1.22. The molecule has 0 aliphatic carbocycles. The molecule has 0 aromatic carbocycles. The van der Waals surface area contributed by atoms with Gasteiger partial charge in [-0.05, 0) is 6.07 Å². The third-order valence-corrected chi connectivity index (χ3v) is 2.38. The Kier molecular flexibility index (Phi) is 11.8. The summed E-state index contributed by atoms with van der Waals surface area (Å²) in [4.78, 5) is 25.9. The summed E-state index contributed by atoms with van der Waals surface area (Å²) >= 11 is 0. The molecule has 1 aromatic heterocycles. The molecule has 0 saturated heterocycles. The van der Waals surface area contributed by atoms with Gasteiger partial charge in [0.15, 0.2) is 6.61 Å². The van der Waals surface area contributed by atoms with Crippen LogP contribution in [0.4, 0.5) is 23.2 Å². The van der Waals surface area contributed by atoms with Crippen LogP contribution in [-0.2, 0) is 9.59 Å². The van der Waals surface area contributed by atoms with Gasteiger partial charge in [-0.2, -0.15) is 8.78 Å². The van der Waals surface area contributed by atoms with Gasteiger partial charge in [0.2, 0.25) is 17.7 Å². The van der Waals surface area contributed by atoms with E-state index in [4.69, 9.17) is 5.73 Å². The van der Waals surface area contributed by atoms with Crippen LogP contribution in [0.2, 0.25) is 0 Å². The quantitative estimate of drug-likeness (QED) is 0.558. The lowest BCUT2D eigenvalue weighted by molar-refractivity contribution is -0.148. The Hall–Kier alpha value is -1.85. The Morgan fingerprint density at radius 3 is 2.36 bits per heavy atom. The van der Waals surface area contributed by atoms with Crippen molar-refractivity contribution in [3.05, 3.63) is 18.3 Å². The maximum absolute atomic E-state index is 12.7. The normalized spacial score (nSPS) is 10.3. The van der Waals surface area contributed by atoms with Crippen LogP contribution in [0.5, 0.6) is 5.88 Å². The van der Waals surface area contributed by atoms with E-state index >= 15 is 0 Å². The first kappa shape index (κ1) is 25.4. The van der Waals surface area contributed by atoms with E-state index in [9.17, 15) is 27.2 Å². The summed E-state index contributed by atoms with van der Waals surface area (Å²) in [6.07, 6.45) is -2.76. The third-order valence-electron chi connectivity index (χ3n) is 2.38. The lowest BCUT2D eigenvalue weighted by atomic mass is 10.3. The zero-order valence-electron chi connectivity index (χ0n) is 12.5. The van der Waals surface area contributed by atoms with Crippen molar-refractivity contribution in [3.8, 4) is 5.88 Å². The summed E-state index contributed by atoms with van der Waals surface area (Å²) in [5, 5.41) is 4.59. The molecule has 2 amide bonds. The summed E-state index contributed by atoms with van der Waals surface area (Å²) in [7, 11) is 0. The second-order valence-electron chi connectivity index (χ2n) is 4.26. The van der Waals surface area contributed by atoms with Gasteiger partial charge < -0.3 is 21.1 Å². The fourth-order valence-electron chi connectivity index (χ4n) is 1.23. The van der Waals surface area contributed by atoms with Crippen molar-refractivity contribution >= 4 is 42.3 Å². The zero-order valence-corrected chi connectivity index (χ0v) is 14.1. The first-order chi connectivity index (χ1) is 10.7. The number of hydrogen-bond acceptors (Lipinski definition) is 5. The van der Waals surface area contributed by atoms with E-state index in [1.807, 2.05) is 0 Å². The van der Waals surface area contributed by atoms with Crippen LogP contribution >= 0.6 is 24.8 Å². The van der Waals surface area contributed by atoms with Gasteiger partial charge >= 0.3 is 12.3 Å². The summed E-state index contributed by atoms with van der Waals surface area (Å²) < 4.78 is 53.7. The minimum atomic E-state index is -4.28. The van der Waals surface area contributed by atoms with Gasteiger partial charge in [-0.1, -0.05) is 0 Å². The van der Waals surface area contributed by atoms with Crippen molar-refractivity contribution in [2.75, 3.05) is 25.0 Å². The summed E-state index contributed by atoms with van der Waals surface area (Å²) in [6, 6.07) is 2.39. The van der Waals surface area contributed by atoms with Crippen LogP contribution in [0.1, 0.15) is 0 Å². The topological polar surface area (TPSA) is 106 Å². The Bertz CT molecular complexity index is 550. The number of nitrogens with zero attached hydrogens (tertiary/aromatic N) is 1. The van der Waals surface area contributed by atoms with Crippen LogP contribution in [0.3, 0.4) is 0 Å². The van der Waals surface area contributed by atoms with Crippen molar-refractivity contribution in [3.63, 3.8) is 0 Å². The fourth-order valence-corrected chi connectivity index (χ4v) is 1.23. The molecule has 0 saturated carbocycles. The number of carbonyl (C=O) groups excluding carboxylic acids is 2. The largest absolute Gasteiger partial charge is 0.471 e. The van der Waals surface area contributed by atoms with Gasteiger partial charge in [0.25, 0.3) is 0 Å². The molecular formula is C12H16Cl2F4N4O3. The van der Waals surface area contributed by atoms with E-state index in [-0.39, 0.29) is 49.5 Å². The Morgan fingerprint density at radius 2 is 1.88 bits per heavy atom. The van der Waals surface area contributed by atoms with Crippen LogP contribution < -0.4 is 21.1 Å². The van der Waals surface area contributed by atoms with E-state index in [2.05, 4.69) is 20.4 Å². The van der Waals surface area contributed by atoms with Crippen molar-refractivity contribution < 1.29 is 31.9 Å².